The number of pyridine rings is 1. The van der Waals surface area contributed by atoms with Crippen molar-refractivity contribution in [2.75, 3.05) is 0 Å². The molecule has 6 nitrogen and oxygen atoms in total. The molecule has 2 heterocycles. The minimum Gasteiger partial charge on any atom is -0.483 e. The number of hydrogen-bond donors (Lipinski definition) is 0. The number of carbonyl (C=O) groups is 1. The Bertz CT molecular complexity index is 1010. The summed E-state index contributed by atoms with van der Waals surface area (Å²) in [5.74, 6) is -0.711. The second-order valence-electron chi connectivity index (χ2n) is 5.70. The highest BCUT2D eigenvalue weighted by atomic mass is 35.5. The third-order valence-electron chi connectivity index (χ3n) is 3.79. The van der Waals surface area contributed by atoms with Crippen molar-refractivity contribution in [3.05, 3.63) is 81.8 Å². The van der Waals surface area contributed by atoms with Gasteiger partial charge < -0.3 is 4.74 Å². The summed E-state index contributed by atoms with van der Waals surface area (Å²) in [4.78, 5) is 28.8. The molecule has 0 bridgehead atoms. The fourth-order valence-corrected chi connectivity index (χ4v) is 2.49. The first-order valence-electron chi connectivity index (χ1n) is 7.90. The number of halogens is 2. The van der Waals surface area contributed by atoms with E-state index in [0.29, 0.717) is 11.3 Å². The molecular formula is C19H17ClFN3O3. The topological polar surface area (TPSA) is 74.1 Å². The normalized spacial score (nSPS) is 10.2. The first-order chi connectivity index (χ1) is 12.5. The molecule has 0 atom stereocenters. The molecule has 0 radical (unpaired) electrons. The van der Waals surface area contributed by atoms with Gasteiger partial charge in [0, 0.05) is 30.4 Å². The summed E-state index contributed by atoms with van der Waals surface area (Å²) in [6.07, 6.45) is 3.26. The van der Waals surface area contributed by atoms with Crippen molar-refractivity contribution in [2.24, 2.45) is 0 Å². The molecule has 0 spiro atoms. The van der Waals surface area contributed by atoms with Gasteiger partial charge in [0.2, 0.25) is 0 Å². The summed E-state index contributed by atoms with van der Waals surface area (Å²) in [5.41, 5.74) is 1.08. The summed E-state index contributed by atoms with van der Waals surface area (Å²) in [7, 11) is 0. The smallest absolute Gasteiger partial charge is 0.314 e. The first-order valence-corrected chi connectivity index (χ1v) is 7.90. The number of ketones is 1. The van der Waals surface area contributed by atoms with Crippen LogP contribution in [0.2, 0.25) is 0 Å². The maximum absolute atomic E-state index is 13.2. The molecule has 0 saturated heterocycles. The highest BCUT2D eigenvalue weighted by molar-refractivity contribution is 5.93. The summed E-state index contributed by atoms with van der Waals surface area (Å²) in [6, 6.07) is 8.82. The van der Waals surface area contributed by atoms with E-state index in [4.69, 9.17) is 4.74 Å². The Labute approximate surface area is 161 Å². The van der Waals surface area contributed by atoms with Crippen LogP contribution in [0.4, 0.5) is 4.39 Å². The van der Waals surface area contributed by atoms with E-state index < -0.39 is 11.4 Å². The maximum atomic E-state index is 13.2. The van der Waals surface area contributed by atoms with Gasteiger partial charge in [-0.1, -0.05) is 6.07 Å². The fourth-order valence-electron chi connectivity index (χ4n) is 2.49. The molecule has 0 saturated carbocycles. The van der Waals surface area contributed by atoms with Gasteiger partial charge in [-0.2, -0.15) is 9.78 Å². The zero-order chi connectivity index (χ0) is 18.7. The molecule has 0 aliphatic heterocycles. The molecule has 2 aromatic heterocycles. The summed E-state index contributed by atoms with van der Waals surface area (Å²) >= 11 is 0. The van der Waals surface area contributed by atoms with Crippen LogP contribution in [0.1, 0.15) is 28.5 Å². The third-order valence-corrected chi connectivity index (χ3v) is 3.79. The third kappa shape index (κ3) is 4.38. The van der Waals surface area contributed by atoms with Gasteiger partial charge in [-0.15, -0.1) is 12.4 Å². The van der Waals surface area contributed by atoms with Crippen LogP contribution in [0, 0.1) is 12.7 Å². The van der Waals surface area contributed by atoms with Crippen molar-refractivity contribution in [1.29, 1.82) is 0 Å². The van der Waals surface area contributed by atoms with Gasteiger partial charge in [0.25, 0.3) is 0 Å². The minimum absolute atomic E-state index is 0. The SMILES string of the molecule is CC(=O)c1nn(-c2ccc(F)cc2)c(=O)c(OCc2cccnc2)c1C.Cl. The van der Waals surface area contributed by atoms with E-state index in [-0.39, 0.29) is 36.2 Å². The zero-order valence-corrected chi connectivity index (χ0v) is 15.5. The Balaban J connectivity index is 0.00000261. The van der Waals surface area contributed by atoms with Crippen LogP contribution < -0.4 is 10.3 Å². The monoisotopic (exact) mass is 389 g/mol. The predicted molar refractivity (Wildman–Crippen MR) is 100 cm³/mol. The van der Waals surface area contributed by atoms with E-state index in [2.05, 4.69) is 10.1 Å². The van der Waals surface area contributed by atoms with Crippen molar-refractivity contribution >= 4 is 18.2 Å². The largest absolute Gasteiger partial charge is 0.483 e. The number of benzene rings is 1. The lowest BCUT2D eigenvalue weighted by Crippen LogP contribution is -2.27. The molecule has 140 valence electrons. The van der Waals surface area contributed by atoms with Crippen molar-refractivity contribution < 1.29 is 13.9 Å². The second-order valence-corrected chi connectivity index (χ2v) is 5.70. The lowest BCUT2D eigenvalue weighted by molar-refractivity contribution is 0.100. The number of ether oxygens (including phenoxy) is 1. The lowest BCUT2D eigenvalue weighted by atomic mass is 10.1. The standard InChI is InChI=1S/C19H16FN3O3.ClH/c1-12-17(13(2)24)22-23(16-7-5-15(20)6-8-16)19(25)18(12)26-11-14-4-3-9-21-10-14;/h3-10H,11H2,1-2H3;1H. The van der Waals surface area contributed by atoms with Gasteiger partial charge in [0.1, 0.15) is 18.1 Å². The minimum atomic E-state index is -0.525. The van der Waals surface area contributed by atoms with Crippen molar-refractivity contribution in [3.63, 3.8) is 0 Å². The average molecular weight is 390 g/mol. The number of nitrogens with zero attached hydrogens (tertiary/aromatic N) is 3. The molecule has 0 aliphatic rings. The molecular weight excluding hydrogens is 373 g/mol. The Morgan fingerprint density at radius 3 is 2.52 bits per heavy atom. The van der Waals surface area contributed by atoms with Crippen LogP contribution in [0.3, 0.4) is 0 Å². The van der Waals surface area contributed by atoms with Crippen molar-refractivity contribution in [3.8, 4) is 11.4 Å². The van der Waals surface area contributed by atoms with E-state index in [1.807, 2.05) is 6.07 Å². The van der Waals surface area contributed by atoms with E-state index >= 15 is 0 Å². The number of aromatic nitrogens is 3. The van der Waals surface area contributed by atoms with Crippen LogP contribution in [0.25, 0.3) is 5.69 Å². The predicted octanol–water partition coefficient (Wildman–Crippen LogP) is 3.28. The van der Waals surface area contributed by atoms with E-state index in [0.717, 1.165) is 10.2 Å². The van der Waals surface area contributed by atoms with Gasteiger partial charge in [-0.25, -0.2) is 4.39 Å². The first kappa shape index (κ1) is 20.3. The van der Waals surface area contributed by atoms with Gasteiger partial charge in [-0.3, -0.25) is 14.6 Å². The molecule has 0 unspecified atom stereocenters. The average Bonchev–Trinajstić information content (AvgIpc) is 2.63. The molecule has 0 aliphatic carbocycles. The molecule has 0 fully saturated rings. The van der Waals surface area contributed by atoms with Gasteiger partial charge in [0.05, 0.1) is 5.69 Å². The van der Waals surface area contributed by atoms with Crippen LogP contribution in [-0.4, -0.2) is 20.5 Å². The highest BCUT2D eigenvalue weighted by Gasteiger charge is 2.19. The van der Waals surface area contributed by atoms with Crippen LogP contribution in [-0.2, 0) is 6.61 Å². The Morgan fingerprint density at radius 2 is 1.93 bits per heavy atom. The Hall–Kier alpha value is -3.06. The van der Waals surface area contributed by atoms with E-state index in [1.54, 1.807) is 25.4 Å². The fraction of sp³-hybridized carbons (Fsp3) is 0.158. The van der Waals surface area contributed by atoms with E-state index in [9.17, 15) is 14.0 Å². The molecule has 1 aromatic carbocycles. The van der Waals surface area contributed by atoms with Crippen molar-refractivity contribution in [2.45, 2.75) is 20.5 Å². The number of Topliss-reactive ketones (excluding diaryl/α,β-unsaturated/α-hetero) is 1. The molecule has 27 heavy (non-hydrogen) atoms. The molecule has 3 rings (SSSR count). The Kier molecular flexibility index (Phi) is 6.41. The number of hydrogen-bond acceptors (Lipinski definition) is 5. The van der Waals surface area contributed by atoms with Gasteiger partial charge in [-0.05, 0) is 37.3 Å². The highest BCUT2D eigenvalue weighted by Crippen LogP contribution is 2.19. The van der Waals surface area contributed by atoms with Crippen molar-refractivity contribution in [1.82, 2.24) is 14.8 Å². The molecule has 0 N–H and O–H groups in total. The molecule has 8 heteroatoms. The summed E-state index contributed by atoms with van der Waals surface area (Å²) < 4.78 is 19.9. The van der Waals surface area contributed by atoms with Crippen LogP contribution in [0.5, 0.6) is 5.75 Å². The molecule has 3 aromatic rings. The Morgan fingerprint density at radius 1 is 1.22 bits per heavy atom. The second kappa shape index (κ2) is 8.55. The number of rotatable bonds is 5. The lowest BCUT2D eigenvalue weighted by Gasteiger charge is -2.14. The van der Waals surface area contributed by atoms with Gasteiger partial charge in [0.15, 0.2) is 11.5 Å². The number of carbonyl (C=O) groups excluding carboxylic acids is 1. The quantitative estimate of drug-likeness (QED) is 0.626. The van der Waals surface area contributed by atoms with Crippen LogP contribution >= 0.6 is 12.4 Å². The maximum Gasteiger partial charge on any atom is 0.314 e. The molecule has 0 amide bonds. The summed E-state index contributed by atoms with van der Waals surface area (Å²) in [6.45, 7) is 3.09. The van der Waals surface area contributed by atoms with E-state index in [1.165, 1.54) is 31.2 Å². The van der Waals surface area contributed by atoms with Gasteiger partial charge >= 0.3 is 5.56 Å². The summed E-state index contributed by atoms with van der Waals surface area (Å²) in [5, 5.41) is 4.13. The zero-order valence-electron chi connectivity index (χ0n) is 14.7. The van der Waals surface area contributed by atoms with Crippen LogP contribution in [0.15, 0.2) is 53.6 Å².